The summed E-state index contributed by atoms with van der Waals surface area (Å²) >= 11 is 0. The fourth-order valence-corrected chi connectivity index (χ4v) is 1.08. The number of anilines is 1. The first-order chi connectivity index (χ1) is 5.56. The Kier molecular flexibility index (Phi) is 2.38. The van der Waals surface area contributed by atoms with E-state index < -0.39 is 0 Å². The van der Waals surface area contributed by atoms with E-state index in [1.54, 1.807) is 0 Å². The normalized spacial score (nSPS) is 11.6. The van der Waals surface area contributed by atoms with Gasteiger partial charge >= 0.3 is 0 Å². The van der Waals surface area contributed by atoms with E-state index in [1.807, 2.05) is 18.2 Å². The Balaban J connectivity index is 3.03. The van der Waals surface area contributed by atoms with Crippen LogP contribution in [0, 0.1) is 0 Å². The van der Waals surface area contributed by atoms with Crippen LogP contribution in [-0.4, -0.2) is 6.54 Å². The van der Waals surface area contributed by atoms with E-state index in [2.05, 4.69) is 19.9 Å². The Labute approximate surface area is 73.6 Å². The highest BCUT2D eigenvalue weighted by Crippen LogP contribution is 2.22. The standard InChI is InChI=1S/C10H16N2/c1-10(2,7-11)8-4-3-5-9(12)6-8/h3-6H,7,11-12H2,1-2H3. The number of hydrogen-bond donors (Lipinski definition) is 2. The van der Waals surface area contributed by atoms with Crippen LogP contribution in [0.15, 0.2) is 24.3 Å². The molecule has 1 rings (SSSR count). The van der Waals surface area contributed by atoms with Crippen LogP contribution in [-0.2, 0) is 5.41 Å². The van der Waals surface area contributed by atoms with Gasteiger partial charge in [-0.25, -0.2) is 0 Å². The molecule has 0 saturated carbocycles. The molecule has 0 saturated heterocycles. The van der Waals surface area contributed by atoms with Crippen molar-refractivity contribution in [2.24, 2.45) is 5.73 Å². The zero-order valence-electron chi connectivity index (χ0n) is 7.67. The minimum Gasteiger partial charge on any atom is -0.399 e. The largest absolute Gasteiger partial charge is 0.399 e. The van der Waals surface area contributed by atoms with Gasteiger partial charge in [-0.05, 0) is 17.7 Å². The molecule has 0 heterocycles. The van der Waals surface area contributed by atoms with Crippen molar-refractivity contribution >= 4 is 5.69 Å². The number of hydrogen-bond acceptors (Lipinski definition) is 2. The molecule has 1 aromatic rings. The fraction of sp³-hybridized carbons (Fsp3) is 0.400. The highest BCUT2D eigenvalue weighted by Gasteiger charge is 2.17. The number of benzene rings is 1. The van der Waals surface area contributed by atoms with Crippen LogP contribution in [0.2, 0.25) is 0 Å². The van der Waals surface area contributed by atoms with Gasteiger partial charge in [0, 0.05) is 17.6 Å². The maximum absolute atomic E-state index is 5.67. The smallest absolute Gasteiger partial charge is 0.0316 e. The predicted molar refractivity (Wildman–Crippen MR) is 52.9 cm³/mol. The lowest BCUT2D eigenvalue weighted by atomic mass is 9.85. The van der Waals surface area contributed by atoms with Crippen molar-refractivity contribution in [3.63, 3.8) is 0 Å². The van der Waals surface area contributed by atoms with Gasteiger partial charge in [0.25, 0.3) is 0 Å². The Morgan fingerprint density at radius 3 is 2.50 bits per heavy atom. The van der Waals surface area contributed by atoms with Crippen LogP contribution in [0.5, 0.6) is 0 Å². The molecule has 0 radical (unpaired) electrons. The molecular formula is C10H16N2. The zero-order valence-corrected chi connectivity index (χ0v) is 7.67. The lowest BCUT2D eigenvalue weighted by Gasteiger charge is -2.23. The van der Waals surface area contributed by atoms with Gasteiger partial charge in [-0.15, -0.1) is 0 Å². The molecule has 0 spiro atoms. The summed E-state index contributed by atoms with van der Waals surface area (Å²) in [6.45, 7) is 4.86. The van der Waals surface area contributed by atoms with E-state index >= 15 is 0 Å². The Bertz CT molecular complexity index is 266. The molecule has 2 heteroatoms. The first kappa shape index (κ1) is 9.07. The maximum atomic E-state index is 5.67. The average Bonchev–Trinajstić information content (AvgIpc) is 2.05. The van der Waals surface area contributed by atoms with Crippen molar-refractivity contribution in [2.75, 3.05) is 12.3 Å². The van der Waals surface area contributed by atoms with Crippen LogP contribution in [0.25, 0.3) is 0 Å². The molecule has 0 aliphatic carbocycles. The summed E-state index contributed by atoms with van der Waals surface area (Å²) in [5.74, 6) is 0. The topological polar surface area (TPSA) is 52.0 Å². The SMILES string of the molecule is CC(C)(CN)c1cccc(N)c1. The van der Waals surface area contributed by atoms with Gasteiger partial charge in [-0.1, -0.05) is 26.0 Å². The van der Waals surface area contributed by atoms with Crippen molar-refractivity contribution in [3.05, 3.63) is 29.8 Å². The van der Waals surface area contributed by atoms with Gasteiger partial charge in [0.05, 0.1) is 0 Å². The summed E-state index contributed by atoms with van der Waals surface area (Å²) in [5, 5.41) is 0. The summed E-state index contributed by atoms with van der Waals surface area (Å²) in [6, 6.07) is 7.88. The Hall–Kier alpha value is -1.02. The summed E-state index contributed by atoms with van der Waals surface area (Å²) in [7, 11) is 0. The lowest BCUT2D eigenvalue weighted by molar-refractivity contribution is 0.539. The van der Waals surface area contributed by atoms with Crippen molar-refractivity contribution in [1.82, 2.24) is 0 Å². The third kappa shape index (κ3) is 1.77. The molecule has 0 bridgehead atoms. The van der Waals surface area contributed by atoms with Gasteiger partial charge in [-0.2, -0.15) is 0 Å². The zero-order chi connectivity index (χ0) is 9.19. The van der Waals surface area contributed by atoms with E-state index in [-0.39, 0.29) is 5.41 Å². The fourth-order valence-electron chi connectivity index (χ4n) is 1.08. The summed E-state index contributed by atoms with van der Waals surface area (Å²) < 4.78 is 0. The monoisotopic (exact) mass is 164 g/mol. The quantitative estimate of drug-likeness (QED) is 0.651. The molecule has 4 N–H and O–H groups in total. The molecule has 0 amide bonds. The van der Waals surface area contributed by atoms with Crippen LogP contribution in [0.1, 0.15) is 19.4 Å². The van der Waals surface area contributed by atoms with Crippen LogP contribution >= 0.6 is 0 Å². The summed E-state index contributed by atoms with van der Waals surface area (Å²) in [4.78, 5) is 0. The molecule has 0 atom stereocenters. The second kappa shape index (κ2) is 3.15. The first-order valence-corrected chi connectivity index (χ1v) is 4.12. The molecule has 0 aliphatic rings. The third-order valence-corrected chi connectivity index (χ3v) is 2.18. The van der Waals surface area contributed by atoms with Gasteiger partial charge in [0.1, 0.15) is 0 Å². The van der Waals surface area contributed by atoms with E-state index in [1.165, 1.54) is 5.56 Å². The molecule has 1 aromatic carbocycles. The molecule has 0 aliphatic heterocycles. The number of rotatable bonds is 2. The van der Waals surface area contributed by atoms with Crippen molar-refractivity contribution in [1.29, 1.82) is 0 Å². The maximum Gasteiger partial charge on any atom is 0.0316 e. The van der Waals surface area contributed by atoms with Crippen molar-refractivity contribution in [2.45, 2.75) is 19.3 Å². The second-order valence-electron chi connectivity index (χ2n) is 3.71. The van der Waals surface area contributed by atoms with Gasteiger partial charge in [0.15, 0.2) is 0 Å². The molecule has 66 valence electrons. The average molecular weight is 164 g/mol. The minimum atomic E-state index is 0.0232. The van der Waals surface area contributed by atoms with E-state index in [4.69, 9.17) is 11.5 Å². The summed E-state index contributed by atoms with van der Waals surface area (Å²) in [5.41, 5.74) is 13.3. The lowest BCUT2D eigenvalue weighted by Crippen LogP contribution is -2.28. The number of nitrogens with two attached hydrogens (primary N) is 2. The van der Waals surface area contributed by atoms with Gasteiger partial charge in [0.2, 0.25) is 0 Å². The molecule has 0 fully saturated rings. The second-order valence-corrected chi connectivity index (χ2v) is 3.71. The molecule has 0 aromatic heterocycles. The highest BCUT2D eigenvalue weighted by molar-refractivity contribution is 5.43. The van der Waals surface area contributed by atoms with Gasteiger partial charge < -0.3 is 11.5 Å². The van der Waals surface area contributed by atoms with Crippen LogP contribution < -0.4 is 11.5 Å². The summed E-state index contributed by atoms with van der Waals surface area (Å²) in [6.07, 6.45) is 0. The van der Waals surface area contributed by atoms with E-state index in [0.29, 0.717) is 6.54 Å². The molecule has 12 heavy (non-hydrogen) atoms. The van der Waals surface area contributed by atoms with E-state index in [9.17, 15) is 0 Å². The van der Waals surface area contributed by atoms with Crippen molar-refractivity contribution < 1.29 is 0 Å². The minimum absolute atomic E-state index is 0.0232. The van der Waals surface area contributed by atoms with Gasteiger partial charge in [-0.3, -0.25) is 0 Å². The number of nitrogen functional groups attached to an aromatic ring is 1. The molecule has 0 unspecified atom stereocenters. The molecular weight excluding hydrogens is 148 g/mol. The van der Waals surface area contributed by atoms with Crippen molar-refractivity contribution in [3.8, 4) is 0 Å². The van der Waals surface area contributed by atoms with E-state index in [0.717, 1.165) is 5.69 Å². The Morgan fingerprint density at radius 1 is 1.33 bits per heavy atom. The predicted octanol–water partition coefficient (Wildman–Crippen LogP) is 1.51. The Morgan fingerprint density at radius 2 is 2.00 bits per heavy atom. The molecule has 2 nitrogen and oxygen atoms in total. The van der Waals surface area contributed by atoms with Crippen LogP contribution in [0.4, 0.5) is 5.69 Å². The highest BCUT2D eigenvalue weighted by atomic mass is 14.6. The first-order valence-electron chi connectivity index (χ1n) is 4.12. The third-order valence-electron chi connectivity index (χ3n) is 2.18. The van der Waals surface area contributed by atoms with Crippen LogP contribution in [0.3, 0.4) is 0 Å².